The zero-order chi connectivity index (χ0) is 25.3. The fraction of sp³-hybridized carbons (Fsp3) is 0.182. The van der Waals surface area contributed by atoms with Crippen LogP contribution in [0.5, 0.6) is 5.75 Å². The molecule has 0 spiro atoms. The summed E-state index contributed by atoms with van der Waals surface area (Å²) in [6.07, 6.45) is 2.23. The lowest BCUT2D eigenvalue weighted by atomic mass is 9.68. The molecule has 1 aliphatic carbocycles. The zero-order valence-corrected chi connectivity index (χ0v) is 19.7. The van der Waals surface area contributed by atoms with Crippen molar-refractivity contribution in [2.75, 3.05) is 4.90 Å². The van der Waals surface area contributed by atoms with Crippen LogP contribution in [0.4, 0.5) is 27.6 Å². The van der Waals surface area contributed by atoms with Gasteiger partial charge in [-0.05, 0) is 30.2 Å². The summed E-state index contributed by atoms with van der Waals surface area (Å²) in [6, 6.07) is 4.10. The molecule has 12 heteroatoms. The van der Waals surface area contributed by atoms with Gasteiger partial charge in [-0.25, -0.2) is 26.9 Å². The number of fused-ring (bicyclic) bond motifs is 1. The largest absolute Gasteiger partial charge is 0.508 e. The van der Waals surface area contributed by atoms with Crippen LogP contribution in [0.15, 0.2) is 47.0 Å². The molecule has 4 rings (SSSR count). The number of hydrogen-bond donors (Lipinski definition) is 1. The number of carbonyl (C=O) groups excluding carboxylic acids is 2. The number of imide groups is 1. The first kappa shape index (κ1) is 24.7. The van der Waals surface area contributed by atoms with Gasteiger partial charge in [0.25, 0.3) is 11.8 Å². The van der Waals surface area contributed by atoms with Crippen LogP contribution in [0.25, 0.3) is 0 Å². The van der Waals surface area contributed by atoms with Crippen LogP contribution in [0.1, 0.15) is 17.9 Å². The minimum absolute atomic E-state index is 0.000612. The highest BCUT2D eigenvalue weighted by atomic mass is 79.9. The third-order valence-electron chi connectivity index (χ3n) is 5.93. The van der Waals surface area contributed by atoms with Crippen LogP contribution in [0.2, 0.25) is 0 Å². The summed E-state index contributed by atoms with van der Waals surface area (Å²) in [5, 5.41) is 10.5. The van der Waals surface area contributed by atoms with Crippen LogP contribution in [-0.4, -0.2) is 26.7 Å². The molecule has 34 heavy (non-hydrogen) atoms. The Balaban J connectivity index is 2.02. The molecule has 0 aromatic heterocycles. The third-order valence-corrected chi connectivity index (χ3v) is 7.84. The molecule has 0 radical (unpaired) electrons. The molecule has 2 amide bonds. The number of nitrogens with zero attached hydrogens (tertiary/aromatic N) is 1. The maximum absolute atomic E-state index is 14.6. The van der Waals surface area contributed by atoms with E-state index in [0.717, 1.165) is 0 Å². The van der Waals surface area contributed by atoms with Gasteiger partial charge in [0.05, 0.1) is 0 Å². The molecule has 2 aromatic rings. The number of rotatable bonds is 3. The predicted octanol–water partition coefficient (Wildman–Crippen LogP) is 5.98. The summed E-state index contributed by atoms with van der Waals surface area (Å²) in [6.45, 7) is 3.63. The second-order valence-corrected chi connectivity index (χ2v) is 9.78. The molecule has 1 N–H and O–H groups in total. The number of halogens is 8. The lowest BCUT2D eigenvalue weighted by Crippen LogP contribution is -2.54. The van der Waals surface area contributed by atoms with E-state index < -0.39 is 68.7 Å². The Hall–Kier alpha value is -2.43. The highest BCUT2D eigenvalue weighted by molar-refractivity contribution is 9.10. The number of amides is 2. The molecule has 2 aliphatic rings. The molecule has 1 heterocycles. The van der Waals surface area contributed by atoms with E-state index in [4.69, 9.17) is 23.2 Å². The Labute approximate surface area is 207 Å². The normalized spacial score (nSPS) is 26.5. The number of benzene rings is 2. The Morgan fingerprint density at radius 2 is 1.59 bits per heavy atom. The maximum Gasteiger partial charge on any atom is 0.258 e. The quantitative estimate of drug-likeness (QED) is 0.159. The van der Waals surface area contributed by atoms with Gasteiger partial charge in [-0.1, -0.05) is 34.7 Å². The second-order valence-electron chi connectivity index (χ2n) is 7.63. The van der Waals surface area contributed by atoms with E-state index in [1.54, 1.807) is 0 Å². The standard InChI is InChI=1S/C22H11BrCl2F5NO3/c1-2-8-5-6-21(24)19(33)31(18-16(29)14(27)13(26)15(28)17(18)30)20(34)22(21,25)12(8)10-7-9(23)3-4-11(10)32/h2-5,7,12,32H,1,6H2. The van der Waals surface area contributed by atoms with Crippen molar-refractivity contribution in [2.45, 2.75) is 22.1 Å². The highest BCUT2D eigenvalue weighted by Crippen LogP contribution is 2.61. The number of allylic oxidation sites excluding steroid dienone is 3. The predicted molar refractivity (Wildman–Crippen MR) is 117 cm³/mol. The summed E-state index contributed by atoms with van der Waals surface area (Å²) in [5.74, 6) is -16.8. The topological polar surface area (TPSA) is 57.6 Å². The van der Waals surface area contributed by atoms with Crippen molar-refractivity contribution < 1.29 is 36.6 Å². The van der Waals surface area contributed by atoms with Crippen LogP contribution in [-0.2, 0) is 9.59 Å². The monoisotopic (exact) mass is 581 g/mol. The lowest BCUT2D eigenvalue weighted by molar-refractivity contribution is -0.122. The van der Waals surface area contributed by atoms with Crippen LogP contribution >= 0.6 is 39.1 Å². The van der Waals surface area contributed by atoms with E-state index in [-0.39, 0.29) is 21.8 Å². The van der Waals surface area contributed by atoms with E-state index in [9.17, 15) is 36.6 Å². The van der Waals surface area contributed by atoms with Gasteiger partial charge in [0.1, 0.15) is 11.4 Å². The Morgan fingerprint density at radius 1 is 1.03 bits per heavy atom. The van der Waals surface area contributed by atoms with Gasteiger partial charge < -0.3 is 5.11 Å². The van der Waals surface area contributed by atoms with Gasteiger partial charge in [0.15, 0.2) is 33.0 Å². The molecule has 4 nitrogen and oxygen atoms in total. The van der Waals surface area contributed by atoms with E-state index in [0.29, 0.717) is 4.47 Å². The van der Waals surface area contributed by atoms with Crippen molar-refractivity contribution in [1.29, 1.82) is 0 Å². The number of anilines is 1. The number of hydrogen-bond acceptors (Lipinski definition) is 3. The van der Waals surface area contributed by atoms with Crippen molar-refractivity contribution in [2.24, 2.45) is 0 Å². The van der Waals surface area contributed by atoms with Crippen LogP contribution < -0.4 is 4.90 Å². The summed E-state index contributed by atoms with van der Waals surface area (Å²) >= 11 is 16.5. The molecule has 3 unspecified atom stereocenters. The van der Waals surface area contributed by atoms with Gasteiger partial charge in [-0.15, -0.1) is 23.2 Å². The van der Waals surface area contributed by atoms with Crippen LogP contribution in [0, 0.1) is 29.1 Å². The van der Waals surface area contributed by atoms with E-state index >= 15 is 0 Å². The first-order chi connectivity index (χ1) is 15.8. The number of phenols is 1. The molecule has 1 aliphatic heterocycles. The van der Waals surface area contributed by atoms with Crippen molar-refractivity contribution >= 4 is 56.6 Å². The molecule has 0 saturated carbocycles. The zero-order valence-electron chi connectivity index (χ0n) is 16.6. The number of phenolic OH excluding ortho intramolecular Hbond substituents is 1. The highest BCUT2D eigenvalue weighted by Gasteiger charge is 2.74. The SMILES string of the molecule is C=CC1=CCC2(Cl)C(=O)N(c3c(F)c(F)c(F)c(F)c3F)C(=O)C2(Cl)C1c1cc(Br)ccc1O. The second kappa shape index (κ2) is 8.07. The third kappa shape index (κ3) is 3.01. The van der Waals surface area contributed by atoms with Crippen molar-refractivity contribution in [1.82, 2.24) is 0 Å². The van der Waals surface area contributed by atoms with Gasteiger partial charge in [-0.2, -0.15) is 0 Å². The van der Waals surface area contributed by atoms with E-state index in [2.05, 4.69) is 22.5 Å². The first-order valence-electron chi connectivity index (χ1n) is 9.42. The summed E-state index contributed by atoms with van der Waals surface area (Å²) in [7, 11) is 0. The molecule has 0 bridgehead atoms. The Bertz CT molecular complexity index is 1310. The maximum atomic E-state index is 14.6. The lowest BCUT2D eigenvalue weighted by Gasteiger charge is -2.42. The molecular formula is C22H11BrCl2F5NO3. The van der Waals surface area contributed by atoms with Gasteiger partial charge in [0, 0.05) is 16.0 Å². The fourth-order valence-corrected chi connectivity index (χ4v) is 5.51. The van der Waals surface area contributed by atoms with Crippen LogP contribution in [0.3, 0.4) is 0 Å². The molecular weight excluding hydrogens is 572 g/mol. The van der Waals surface area contributed by atoms with E-state index in [1.807, 2.05) is 0 Å². The van der Waals surface area contributed by atoms with Crippen molar-refractivity contribution in [3.8, 4) is 5.75 Å². The van der Waals surface area contributed by atoms with Crippen molar-refractivity contribution in [3.63, 3.8) is 0 Å². The molecule has 2 aromatic carbocycles. The molecule has 178 valence electrons. The van der Waals surface area contributed by atoms with E-state index in [1.165, 1.54) is 30.4 Å². The number of alkyl halides is 2. The smallest absolute Gasteiger partial charge is 0.258 e. The number of carbonyl (C=O) groups is 2. The average Bonchev–Trinajstić information content (AvgIpc) is 2.95. The summed E-state index contributed by atoms with van der Waals surface area (Å²) < 4.78 is 70.9. The van der Waals surface area contributed by atoms with Gasteiger partial charge >= 0.3 is 0 Å². The Kier molecular flexibility index (Phi) is 5.86. The molecule has 1 saturated heterocycles. The molecule has 3 atom stereocenters. The minimum Gasteiger partial charge on any atom is -0.508 e. The summed E-state index contributed by atoms with van der Waals surface area (Å²) in [4.78, 5) is 21.7. The van der Waals surface area contributed by atoms with Gasteiger partial charge in [0.2, 0.25) is 5.82 Å². The minimum atomic E-state index is -2.54. The average molecular weight is 583 g/mol. The first-order valence-corrected chi connectivity index (χ1v) is 11.0. The van der Waals surface area contributed by atoms with Gasteiger partial charge in [-0.3, -0.25) is 9.59 Å². The number of aromatic hydroxyl groups is 1. The molecule has 1 fully saturated rings. The van der Waals surface area contributed by atoms with Crippen molar-refractivity contribution in [3.05, 3.63) is 81.6 Å². The summed E-state index contributed by atoms with van der Waals surface area (Å²) in [5.41, 5.74) is -1.56. The fourth-order valence-electron chi connectivity index (χ4n) is 4.30. The Morgan fingerprint density at radius 3 is 2.15 bits per heavy atom.